The zero-order chi connectivity index (χ0) is 24.8. The molecule has 6 rings (SSSR count). The molecule has 2 aliphatic rings. The number of ether oxygens (including phenoxy) is 1. The predicted octanol–water partition coefficient (Wildman–Crippen LogP) is 4.80. The minimum atomic E-state index is -3.37. The van der Waals surface area contributed by atoms with E-state index in [-0.39, 0.29) is 17.4 Å². The summed E-state index contributed by atoms with van der Waals surface area (Å²) in [5, 5.41) is 2.35. The number of aryl methyl sites for hydroxylation is 1. The highest BCUT2D eigenvalue weighted by atomic mass is 32.2. The molecule has 6 nitrogen and oxygen atoms in total. The minimum Gasteiger partial charge on any atom is -0.433 e. The molecule has 1 saturated heterocycles. The van der Waals surface area contributed by atoms with Crippen molar-refractivity contribution < 1.29 is 17.9 Å². The maximum Gasteiger partial charge on any atom is 0.328 e. The van der Waals surface area contributed by atoms with E-state index in [4.69, 9.17) is 4.74 Å². The Kier molecular flexibility index (Phi) is 4.37. The number of nitrogens with zero attached hydrogens (tertiary/aromatic N) is 2. The SMILES string of the molecule is Cn1c2ccccc2c2cc(C=CC34OC(=O)CN3c3ccc(S(C)(=O)=O)cc3C4(C)C)ccc21. The highest BCUT2D eigenvalue weighted by Gasteiger charge is 2.62. The number of hydrogen-bond donors (Lipinski definition) is 0. The highest BCUT2D eigenvalue weighted by molar-refractivity contribution is 7.90. The van der Waals surface area contributed by atoms with Gasteiger partial charge in [-0.15, -0.1) is 0 Å². The zero-order valence-electron chi connectivity index (χ0n) is 20.1. The van der Waals surface area contributed by atoms with E-state index >= 15 is 0 Å². The molecule has 0 aliphatic carbocycles. The van der Waals surface area contributed by atoms with Crippen LogP contribution in [0.4, 0.5) is 5.69 Å². The Hall–Kier alpha value is -3.58. The van der Waals surface area contributed by atoms with Crippen molar-refractivity contribution in [1.29, 1.82) is 0 Å². The van der Waals surface area contributed by atoms with Crippen LogP contribution in [0.15, 0.2) is 71.6 Å². The van der Waals surface area contributed by atoms with Crippen molar-refractivity contribution in [2.45, 2.75) is 29.9 Å². The average molecular weight is 487 g/mol. The van der Waals surface area contributed by atoms with Crippen molar-refractivity contribution in [1.82, 2.24) is 4.57 Å². The summed E-state index contributed by atoms with van der Waals surface area (Å²) >= 11 is 0. The van der Waals surface area contributed by atoms with Crippen LogP contribution in [0, 0.1) is 0 Å². The molecular formula is C28H26N2O4S. The third kappa shape index (κ3) is 2.94. The Morgan fingerprint density at radius 3 is 2.49 bits per heavy atom. The van der Waals surface area contributed by atoms with E-state index in [1.807, 2.05) is 43.0 Å². The maximum absolute atomic E-state index is 12.5. The summed E-state index contributed by atoms with van der Waals surface area (Å²) in [6.45, 7) is 4.10. The van der Waals surface area contributed by atoms with Gasteiger partial charge in [0.25, 0.3) is 0 Å². The number of para-hydroxylation sites is 1. The number of rotatable bonds is 3. The molecule has 1 fully saturated rings. The van der Waals surface area contributed by atoms with E-state index < -0.39 is 21.0 Å². The second-order valence-corrected chi connectivity index (χ2v) is 12.0. The number of benzene rings is 3. The molecule has 4 aromatic rings. The molecule has 7 heteroatoms. The van der Waals surface area contributed by atoms with Gasteiger partial charge < -0.3 is 14.2 Å². The first kappa shape index (κ1) is 21.9. The van der Waals surface area contributed by atoms with Crippen LogP contribution in [-0.2, 0) is 31.8 Å². The van der Waals surface area contributed by atoms with Crippen molar-refractivity contribution in [2.24, 2.45) is 7.05 Å². The lowest BCUT2D eigenvalue weighted by Crippen LogP contribution is -2.51. The van der Waals surface area contributed by atoms with E-state index in [2.05, 4.69) is 41.9 Å². The molecule has 1 aromatic heterocycles. The van der Waals surface area contributed by atoms with Gasteiger partial charge in [-0.05, 0) is 67.4 Å². The fraction of sp³-hybridized carbons (Fsp3) is 0.250. The molecule has 0 radical (unpaired) electrons. The molecule has 1 unspecified atom stereocenters. The summed E-state index contributed by atoms with van der Waals surface area (Å²) in [4.78, 5) is 14.7. The second-order valence-electron chi connectivity index (χ2n) is 10.0. The van der Waals surface area contributed by atoms with Crippen LogP contribution in [0.3, 0.4) is 0 Å². The lowest BCUT2D eigenvalue weighted by molar-refractivity contribution is -0.147. The molecule has 0 saturated carbocycles. The third-order valence-corrected chi connectivity index (χ3v) is 8.76. The summed E-state index contributed by atoms with van der Waals surface area (Å²) < 4.78 is 32.7. The first-order valence-electron chi connectivity index (χ1n) is 11.5. The van der Waals surface area contributed by atoms with Gasteiger partial charge in [-0.2, -0.15) is 0 Å². The first-order chi connectivity index (χ1) is 16.5. The number of anilines is 1. The van der Waals surface area contributed by atoms with Gasteiger partial charge in [0.05, 0.1) is 10.3 Å². The Balaban J connectivity index is 1.48. The summed E-state index contributed by atoms with van der Waals surface area (Å²) in [6, 6.07) is 19.8. The number of carbonyl (C=O) groups is 1. The number of esters is 1. The van der Waals surface area contributed by atoms with Crippen molar-refractivity contribution in [2.75, 3.05) is 17.7 Å². The summed E-state index contributed by atoms with van der Waals surface area (Å²) in [5.74, 6) is -0.301. The van der Waals surface area contributed by atoms with Crippen LogP contribution in [0.25, 0.3) is 27.9 Å². The summed E-state index contributed by atoms with van der Waals surface area (Å²) in [7, 11) is -1.30. The molecule has 3 aromatic carbocycles. The lowest BCUT2D eigenvalue weighted by atomic mass is 9.77. The fourth-order valence-electron chi connectivity index (χ4n) is 5.74. The van der Waals surface area contributed by atoms with Crippen molar-refractivity contribution in [3.63, 3.8) is 0 Å². The fourth-order valence-corrected chi connectivity index (χ4v) is 6.39. The van der Waals surface area contributed by atoms with Gasteiger partial charge in [0.2, 0.25) is 5.72 Å². The number of sulfone groups is 1. The minimum absolute atomic E-state index is 0.112. The van der Waals surface area contributed by atoms with E-state index in [1.54, 1.807) is 18.2 Å². The summed E-state index contributed by atoms with van der Waals surface area (Å²) in [6.07, 6.45) is 5.15. The molecule has 0 amide bonds. The molecule has 0 N–H and O–H groups in total. The molecule has 35 heavy (non-hydrogen) atoms. The van der Waals surface area contributed by atoms with Gasteiger partial charge in [0.15, 0.2) is 9.84 Å². The highest BCUT2D eigenvalue weighted by Crippen LogP contribution is 2.55. The molecule has 1 atom stereocenters. The standard InChI is InChI=1S/C28H26N2O4S/c1-27(2)22-16-19(35(4,32)33)10-12-25(22)30-17-26(31)34-28(27,30)14-13-18-9-11-24-21(15-18)20-7-5-6-8-23(20)29(24)3/h5-16H,17H2,1-4H3. The Morgan fingerprint density at radius 1 is 0.971 bits per heavy atom. The Labute approximate surface area is 204 Å². The average Bonchev–Trinajstić information content (AvgIpc) is 3.37. The topological polar surface area (TPSA) is 68.6 Å². The number of hydrogen-bond acceptors (Lipinski definition) is 5. The van der Waals surface area contributed by atoms with Crippen LogP contribution in [0.2, 0.25) is 0 Å². The van der Waals surface area contributed by atoms with Crippen LogP contribution < -0.4 is 4.90 Å². The van der Waals surface area contributed by atoms with Gasteiger partial charge in [-0.25, -0.2) is 8.42 Å². The summed E-state index contributed by atoms with van der Waals surface area (Å²) in [5.41, 5.74) is 3.27. The predicted molar refractivity (Wildman–Crippen MR) is 138 cm³/mol. The monoisotopic (exact) mass is 486 g/mol. The van der Waals surface area contributed by atoms with Gasteiger partial charge in [0, 0.05) is 40.8 Å². The van der Waals surface area contributed by atoms with Crippen LogP contribution in [0.1, 0.15) is 25.0 Å². The first-order valence-corrected chi connectivity index (χ1v) is 13.4. The second kappa shape index (κ2) is 6.98. The molecule has 0 spiro atoms. The van der Waals surface area contributed by atoms with Crippen molar-refractivity contribution in [3.05, 3.63) is 77.9 Å². The van der Waals surface area contributed by atoms with Gasteiger partial charge in [0.1, 0.15) is 6.54 Å². The van der Waals surface area contributed by atoms with E-state index in [1.165, 1.54) is 17.2 Å². The molecule has 178 valence electrons. The van der Waals surface area contributed by atoms with E-state index in [0.29, 0.717) is 0 Å². The number of fused-ring (bicyclic) bond motifs is 6. The van der Waals surface area contributed by atoms with Crippen LogP contribution >= 0.6 is 0 Å². The molecular weight excluding hydrogens is 460 g/mol. The molecule has 0 bridgehead atoms. The zero-order valence-corrected chi connectivity index (χ0v) is 20.9. The third-order valence-electron chi connectivity index (χ3n) is 7.65. The number of aromatic nitrogens is 1. The van der Waals surface area contributed by atoms with Gasteiger partial charge in [-0.3, -0.25) is 4.79 Å². The largest absolute Gasteiger partial charge is 0.433 e. The normalized spacial score (nSPS) is 21.1. The van der Waals surface area contributed by atoms with Gasteiger partial charge >= 0.3 is 5.97 Å². The number of carbonyl (C=O) groups excluding carboxylic acids is 1. The smallest absolute Gasteiger partial charge is 0.328 e. The van der Waals surface area contributed by atoms with Crippen molar-refractivity contribution >= 4 is 49.4 Å². The maximum atomic E-state index is 12.5. The van der Waals surface area contributed by atoms with Crippen molar-refractivity contribution in [3.8, 4) is 0 Å². The Morgan fingerprint density at radius 2 is 1.71 bits per heavy atom. The van der Waals surface area contributed by atoms with Crippen LogP contribution in [-0.4, -0.2) is 37.5 Å². The molecule has 3 heterocycles. The van der Waals surface area contributed by atoms with E-state index in [0.717, 1.165) is 27.7 Å². The quantitative estimate of drug-likeness (QED) is 0.389. The molecule has 2 aliphatic heterocycles. The van der Waals surface area contributed by atoms with E-state index in [9.17, 15) is 13.2 Å². The lowest BCUT2D eigenvalue weighted by Gasteiger charge is -2.38. The van der Waals surface area contributed by atoms with Crippen LogP contribution in [0.5, 0.6) is 0 Å². The van der Waals surface area contributed by atoms with Gasteiger partial charge in [-0.1, -0.05) is 30.3 Å². The Bertz CT molecular complexity index is 1700.